The van der Waals surface area contributed by atoms with Crippen LogP contribution in [0.3, 0.4) is 0 Å². The predicted molar refractivity (Wildman–Crippen MR) is 92.9 cm³/mol. The van der Waals surface area contributed by atoms with Gasteiger partial charge in [-0.3, -0.25) is 9.59 Å². The lowest BCUT2D eigenvalue weighted by molar-refractivity contribution is -0.138. The fourth-order valence-corrected chi connectivity index (χ4v) is 2.78. The molecule has 0 spiro atoms. The van der Waals surface area contributed by atoms with Gasteiger partial charge >= 0.3 is 6.18 Å². The van der Waals surface area contributed by atoms with E-state index in [4.69, 9.17) is 11.6 Å². The fourth-order valence-electron chi connectivity index (χ4n) is 2.53. The molecule has 1 aromatic carbocycles. The number of alkyl halides is 3. The van der Waals surface area contributed by atoms with Crippen molar-refractivity contribution < 1.29 is 18.0 Å². The standard InChI is InChI=1S/C18H18ClF3N2O2/c1-11(2)17(13-5-3-4-6-14(13)19)23-15(25)10-24-9-12(18(20,21)22)7-8-16(24)26/h3-9,11,17H,10H2,1-2H3,(H,23,25). The number of aromatic nitrogens is 1. The first-order valence-electron chi connectivity index (χ1n) is 7.91. The van der Waals surface area contributed by atoms with E-state index in [1.807, 2.05) is 13.8 Å². The topological polar surface area (TPSA) is 51.1 Å². The van der Waals surface area contributed by atoms with Crippen LogP contribution in [0.2, 0.25) is 5.02 Å². The number of hydrogen-bond donors (Lipinski definition) is 1. The van der Waals surface area contributed by atoms with Crippen LogP contribution >= 0.6 is 11.6 Å². The third kappa shape index (κ3) is 4.88. The van der Waals surface area contributed by atoms with Crippen LogP contribution < -0.4 is 10.9 Å². The Kier molecular flexibility index (Phi) is 6.13. The molecule has 2 aromatic rings. The Balaban J connectivity index is 2.22. The third-order valence-electron chi connectivity index (χ3n) is 3.85. The minimum atomic E-state index is -4.59. The molecule has 4 nitrogen and oxygen atoms in total. The van der Waals surface area contributed by atoms with Crippen molar-refractivity contribution in [1.82, 2.24) is 9.88 Å². The summed E-state index contributed by atoms with van der Waals surface area (Å²) < 4.78 is 39.1. The molecule has 26 heavy (non-hydrogen) atoms. The van der Waals surface area contributed by atoms with E-state index >= 15 is 0 Å². The molecule has 0 bridgehead atoms. The highest BCUT2D eigenvalue weighted by atomic mass is 35.5. The molecule has 1 atom stereocenters. The zero-order valence-electron chi connectivity index (χ0n) is 14.2. The van der Waals surface area contributed by atoms with Gasteiger partial charge in [-0.1, -0.05) is 43.6 Å². The number of hydrogen-bond acceptors (Lipinski definition) is 2. The van der Waals surface area contributed by atoms with Crippen molar-refractivity contribution >= 4 is 17.5 Å². The molecule has 1 heterocycles. The Bertz CT molecular complexity index is 847. The number of nitrogens with one attached hydrogen (secondary N) is 1. The van der Waals surface area contributed by atoms with Gasteiger partial charge in [0, 0.05) is 17.3 Å². The maximum Gasteiger partial charge on any atom is 0.417 e. The van der Waals surface area contributed by atoms with Crippen LogP contribution in [-0.2, 0) is 17.5 Å². The second kappa shape index (κ2) is 7.95. The summed E-state index contributed by atoms with van der Waals surface area (Å²) >= 11 is 6.17. The molecule has 0 saturated heterocycles. The molecule has 0 aliphatic carbocycles. The molecule has 1 N–H and O–H groups in total. The summed E-state index contributed by atoms with van der Waals surface area (Å²) in [6.45, 7) is 3.24. The molecule has 140 valence electrons. The van der Waals surface area contributed by atoms with E-state index in [1.54, 1.807) is 24.3 Å². The molecule has 0 aliphatic rings. The summed E-state index contributed by atoms with van der Waals surface area (Å²) in [5.74, 6) is -0.595. The average Bonchev–Trinajstić information content (AvgIpc) is 2.54. The molecule has 2 rings (SSSR count). The number of nitrogens with zero attached hydrogens (tertiary/aromatic N) is 1. The van der Waals surface area contributed by atoms with E-state index in [0.29, 0.717) is 22.8 Å². The number of pyridine rings is 1. The van der Waals surface area contributed by atoms with Crippen molar-refractivity contribution in [3.63, 3.8) is 0 Å². The van der Waals surface area contributed by atoms with Gasteiger partial charge in [0.05, 0.1) is 11.6 Å². The minimum absolute atomic E-state index is 0.0166. The molecule has 0 saturated carbocycles. The van der Waals surface area contributed by atoms with Crippen LogP contribution in [0.4, 0.5) is 13.2 Å². The molecule has 1 amide bonds. The number of benzene rings is 1. The Morgan fingerprint density at radius 3 is 2.42 bits per heavy atom. The molecule has 0 aliphatic heterocycles. The van der Waals surface area contributed by atoms with E-state index in [0.717, 1.165) is 10.6 Å². The first kappa shape index (κ1) is 20.0. The van der Waals surface area contributed by atoms with Crippen molar-refractivity contribution in [3.8, 4) is 0 Å². The maximum atomic E-state index is 12.8. The van der Waals surface area contributed by atoms with Gasteiger partial charge < -0.3 is 9.88 Å². The van der Waals surface area contributed by atoms with Crippen LogP contribution in [0, 0.1) is 5.92 Å². The average molecular weight is 387 g/mol. The zero-order chi connectivity index (χ0) is 19.5. The minimum Gasteiger partial charge on any atom is -0.347 e. The second-order valence-corrected chi connectivity index (χ2v) is 6.60. The van der Waals surface area contributed by atoms with E-state index < -0.39 is 35.8 Å². The summed E-state index contributed by atoms with van der Waals surface area (Å²) in [5, 5.41) is 3.22. The summed E-state index contributed by atoms with van der Waals surface area (Å²) in [4.78, 5) is 24.1. The highest BCUT2D eigenvalue weighted by Gasteiger charge is 2.31. The van der Waals surface area contributed by atoms with Crippen molar-refractivity contribution in [2.45, 2.75) is 32.6 Å². The molecule has 1 unspecified atom stereocenters. The van der Waals surface area contributed by atoms with Crippen molar-refractivity contribution in [2.24, 2.45) is 5.92 Å². The summed E-state index contributed by atoms with van der Waals surface area (Å²) in [6, 6.07) is 8.05. The highest BCUT2D eigenvalue weighted by molar-refractivity contribution is 6.31. The number of carbonyl (C=O) groups is 1. The maximum absolute atomic E-state index is 12.8. The normalized spacial score (nSPS) is 12.9. The van der Waals surface area contributed by atoms with Crippen LogP contribution in [0.15, 0.2) is 47.4 Å². The van der Waals surface area contributed by atoms with Gasteiger partial charge in [-0.25, -0.2) is 0 Å². The SMILES string of the molecule is CC(C)C(NC(=O)Cn1cc(C(F)(F)F)ccc1=O)c1ccccc1Cl. The van der Waals surface area contributed by atoms with Gasteiger partial charge in [-0.15, -0.1) is 0 Å². The Hall–Kier alpha value is -2.28. The number of rotatable bonds is 5. The van der Waals surface area contributed by atoms with Crippen LogP contribution in [0.1, 0.15) is 31.0 Å². The van der Waals surface area contributed by atoms with Crippen LogP contribution in [0.5, 0.6) is 0 Å². The zero-order valence-corrected chi connectivity index (χ0v) is 14.9. The van der Waals surface area contributed by atoms with Crippen molar-refractivity contribution in [1.29, 1.82) is 0 Å². The van der Waals surface area contributed by atoms with Crippen molar-refractivity contribution in [2.75, 3.05) is 0 Å². The largest absolute Gasteiger partial charge is 0.417 e. The number of carbonyl (C=O) groups excluding carboxylic acids is 1. The summed E-state index contributed by atoms with van der Waals surface area (Å²) in [5.41, 5.74) is -0.975. The fraction of sp³-hybridized carbons (Fsp3) is 0.333. The van der Waals surface area contributed by atoms with Gasteiger partial charge in [-0.05, 0) is 23.6 Å². The molecule has 1 aromatic heterocycles. The van der Waals surface area contributed by atoms with E-state index in [2.05, 4.69) is 5.32 Å². The molecular weight excluding hydrogens is 369 g/mol. The number of amides is 1. The van der Waals surface area contributed by atoms with Gasteiger partial charge in [0.2, 0.25) is 5.91 Å². The first-order valence-corrected chi connectivity index (χ1v) is 8.29. The first-order chi connectivity index (χ1) is 12.1. The Labute approximate surface area is 153 Å². The van der Waals surface area contributed by atoms with Gasteiger partial charge in [0.1, 0.15) is 6.54 Å². The van der Waals surface area contributed by atoms with Crippen molar-refractivity contribution in [3.05, 3.63) is 69.1 Å². The van der Waals surface area contributed by atoms with E-state index in [9.17, 15) is 22.8 Å². The van der Waals surface area contributed by atoms with Crippen LogP contribution in [0.25, 0.3) is 0 Å². The Morgan fingerprint density at radius 2 is 1.85 bits per heavy atom. The second-order valence-electron chi connectivity index (χ2n) is 6.19. The predicted octanol–water partition coefficient (Wildman–Crippen LogP) is 4.03. The highest BCUT2D eigenvalue weighted by Crippen LogP contribution is 2.29. The summed E-state index contributed by atoms with van der Waals surface area (Å²) in [7, 11) is 0. The van der Waals surface area contributed by atoms with E-state index in [-0.39, 0.29) is 5.92 Å². The molecule has 0 fully saturated rings. The molecule has 0 radical (unpaired) electrons. The van der Waals surface area contributed by atoms with Gasteiger partial charge in [0.25, 0.3) is 5.56 Å². The number of halogens is 4. The lowest BCUT2D eigenvalue weighted by Gasteiger charge is -2.24. The molecular formula is C18H18ClF3N2O2. The quantitative estimate of drug-likeness (QED) is 0.843. The summed E-state index contributed by atoms with van der Waals surface area (Å²) in [6.07, 6.45) is -3.95. The molecule has 8 heteroatoms. The van der Waals surface area contributed by atoms with Crippen LogP contribution in [-0.4, -0.2) is 10.5 Å². The third-order valence-corrected chi connectivity index (χ3v) is 4.19. The lowest BCUT2D eigenvalue weighted by atomic mass is 9.96. The van der Waals surface area contributed by atoms with Gasteiger partial charge in [-0.2, -0.15) is 13.2 Å². The van der Waals surface area contributed by atoms with Gasteiger partial charge in [0.15, 0.2) is 0 Å². The smallest absolute Gasteiger partial charge is 0.347 e. The monoisotopic (exact) mass is 386 g/mol. The van der Waals surface area contributed by atoms with E-state index in [1.165, 1.54) is 0 Å². The Morgan fingerprint density at radius 1 is 1.19 bits per heavy atom. The lowest BCUT2D eigenvalue weighted by Crippen LogP contribution is -2.36.